The minimum Gasteiger partial charge on any atom is -0.497 e. The number of halogens is 3. The van der Waals surface area contributed by atoms with Crippen molar-refractivity contribution in [3.8, 4) is 11.5 Å². The molecule has 0 aliphatic heterocycles. The molecule has 22 heavy (non-hydrogen) atoms. The van der Waals surface area contributed by atoms with Crippen LogP contribution in [0.2, 0.25) is 0 Å². The van der Waals surface area contributed by atoms with Crippen molar-refractivity contribution in [1.29, 1.82) is 0 Å². The van der Waals surface area contributed by atoms with Gasteiger partial charge < -0.3 is 9.47 Å². The second-order valence-corrected chi connectivity index (χ2v) is 6.94. The van der Waals surface area contributed by atoms with Crippen molar-refractivity contribution in [3.05, 3.63) is 23.8 Å². The average Bonchev–Trinajstić information content (AvgIpc) is 2.45. The van der Waals surface area contributed by atoms with Crippen LogP contribution in [0.4, 0.5) is 13.2 Å². The van der Waals surface area contributed by atoms with E-state index < -0.39 is 22.6 Å². The van der Waals surface area contributed by atoms with Crippen molar-refractivity contribution in [3.63, 3.8) is 0 Å². The predicted molar refractivity (Wildman–Crippen MR) is 78.4 cm³/mol. The van der Waals surface area contributed by atoms with Crippen LogP contribution in [0.3, 0.4) is 0 Å². The van der Waals surface area contributed by atoms with E-state index in [-0.39, 0.29) is 6.54 Å². The van der Waals surface area contributed by atoms with E-state index in [0.29, 0.717) is 17.1 Å². The van der Waals surface area contributed by atoms with E-state index in [1.54, 1.807) is 18.2 Å². The monoisotopic (exact) mass is 340 g/mol. The lowest BCUT2D eigenvalue weighted by atomic mass is 10.2. The zero-order valence-corrected chi connectivity index (χ0v) is 13.6. The Balaban J connectivity index is 3.17. The van der Waals surface area contributed by atoms with Gasteiger partial charge in [0, 0.05) is 31.5 Å². The second kappa shape index (κ2) is 7.19. The third kappa shape index (κ3) is 5.06. The highest BCUT2D eigenvalue weighted by molar-refractivity contribution is 7.90. The summed E-state index contributed by atoms with van der Waals surface area (Å²) in [7, 11) is 0.976. The van der Waals surface area contributed by atoms with Gasteiger partial charge in [0.05, 0.1) is 14.2 Å². The fourth-order valence-electron chi connectivity index (χ4n) is 1.78. The van der Waals surface area contributed by atoms with E-state index in [2.05, 4.69) is 4.36 Å². The molecule has 1 aromatic carbocycles. The molecule has 1 atom stereocenters. The number of alkyl halides is 3. The molecule has 126 valence electrons. The first kappa shape index (κ1) is 18.6. The van der Waals surface area contributed by atoms with Crippen molar-refractivity contribution in [1.82, 2.24) is 4.31 Å². The molecule has 0 heterocycles. The van der Waals surface area contributed by atoms with E-state index in [9.17, 15) is 17.4 Å². The maximum Gasteiger partial charge on any atom is 0.402 e. The number of hydrogen-bond donors (Lipinski definition) is 0. The summed E-state index contributed by atoms with van der Waals surface area (Å²) in [6.07, 6.45) is -3.31. The molecular weight excluding hydrogens is 321 g/mol. The molecule has 0 saturated carbocycles. The zero-order chi connectivity index (χ0) is 17.0. The molecule has 0 aliphatic carbocycles. The Bertz CT molecular complexity index is 625. The van der Waals surface area contributed by atoms with Crippen molar-refractivity contribution in [2.75, 3.05) is 34.1 Å². The Hall–Kier alpha value is -1.48. The van der Waals surface area contributed by atoms with Gasteiger partial charge in [0.25, 0.3) is 0 Å². The summed E-state index contributed by atoms with van der Waals surface area (Å²) in [4.78, 5) is 0. The summed E-state index contributed by atoms with van der Waals surface area (Å²) < 4.78 is 65.0. The van der Waals surface area contributed by atoms with Crippen molar-refractivity contribution >= 4 is 9.92 Å². The highest BCUT2D eigenvalue weighted by Crippen LogP contribution is 2.28. The third-order valence-corrected chi connectivity index (χ3v) is 4.91. The molecule has 5 nitrogen and oxygen atoms in total. The third-order valence-electron chi connectivity index (χ3n) is 3.01. The SMILES string of the molecule is CN=S(C)(=O)N(Cc1ccc(OC)cc1OC)CC(F)(F)F. The Morgan fingerprint density at radius 1 is 1.27 bits per heavy atom. The summed E-state index contributed by atoms with van der Waals surface area (Å²) >= 11 is 0. The van der Waals surface area contributed by atoms with E-state index in [1.165, 1.54) is 27.5 Å². The van der Waals surface area contributed by atoms with Gasteiger partial charge in [-0.25, -0.2) is 12.9 Å². The molecule has 0 bridgehead atoms. The van der Waals surface area contributed by atoms with Crippen LogP contribution in [0.1, 0.15) is 5.56 Å². The Kier molecular flexibility index (Phi) is 6.07. The molecule has 9 heteroatoms. The lowest BCUT2D eigenvalue weighted by Gasteiger charge is -2.25. The van der Waals surface area contributed by atoms with Gasteiger partial charge in [-0.15, -0.1) is 0 Å². The molecular formula is C13H19F3N2O3S. The van der Waals surface area contributed by atoms with Gasteiger partial charge in [-0.05, 0) is 6.07 Å². The van der Waals surface area contributed by atoms with Crippen molar-refractivity contribution < 1.29 is 26.9 Å². The maximum absolute atomic E-state index is 12.7. The summed E-state index contributed by atoms with van der Waals surface area (Å²) in [5.41, 5.74) is 0.464. The lowest BCUT2D eigenvalue weighted by Crippen LogP contribution is -2.37. The summed E-state index contributed by atoms with van der Waals surface area (Å²) in [5.74, 6) is 0.873. The summed E-state index contributed by atoms with van der Waals surface area (Å²) in [6, 6.07) is 4.73. The molecule has 0 radical (unpaired) electrons. The first-order valence-corrected chi connectivity index (χ1v) is 8.14. The molecule has 0 aliphatic rings. The van der Waals surface area contributed by atoms with E-state index in [1.807, 2.05) is 0 Å². The number of hydrogen-bond acceptors (Lipinski definition) is 4. The smallest absolute Gasteiger partial charge is 0.402 e. The van der Waals surface area contributed by atoms with E-state index in [0.717, 1.165) is 4.31 Å². The average molecular weight is 340 g/mol. The second-order valence-electron chi connectivity index (χ2n) is 4.54. The summed E-state index contributed by atoms with van der Waals surface area (Å²) in [5, 5.41) is 0. The minimum absolute atomic E-state index is 0.209. The molecule has 1 unspecified atom stereocenters. The van der Waals surface area contributed by atoms with Gasteiger partial charge in [0.1, 0.15) is 28.0 Å². The van der Waals surface area contributed by atoms with Crippen LogP contribution in [-0.4, -0.2) is 48.8 Å². The molecule has 0 saturated heterocycles. The first-order chi connectivity index (χ1) is 10.1. The molecule has 0 aromatic heterocycles. The minimum atomic E-state index is -4.48. The fourth-order valence-corrected chi connectivity index (χ4v) is 2.78. The van der Waals surface area contributed by atoms with Gasteiger partial charge in [-0.3, -0.25) is 0 Å². The van der Waals surface area contributed by atoms with Gasteiger partial charge in [-0.2, -0.15) is 13.2 Å². The number of rotatable bonds is 6. The molecule has 1 rings (SSSR count). The van der Waals surface area contributed by atoms with Crippen LogP contribution in [0.25, 0.3) is 0 Å². The van der Waals surface area contributed by atoms with E-state index >= 15 is 0 Å². The van der Waals surface area contributed by atoms with Crippen LogP contribution in [0.15, 0.2) is 22.6 Å². The Morgan fingerprint density at radius 3 is 2.36 bits per heavy atom. The predicted octanol–water partition coefficient (Wildman–Crippen LogP) is 2.71. The van der Waals surface area contributed by atoms with E-state index in [4.69, 9.17) is 9.47 Å². The Labute approximate surface area is 128 Å². The van der Waals surface area contributed by atoms with Crippen LogP contribution in [0.5, 0.6) is 11.5 Å². The normalized spacial score (nSPS) is 14.5. The van der Waals surface area contributed by atoms with Crippen molar-refractivity contribution in [2.24, 2.45) is 4.36 Å². The van der Waals surface area contributed by atoms with Crippen LogP contribution in [-0.2, 0) is 16.5 Å². The fraction of sp³-hybridized carbons (Fsp3) is 0.538. The highest BCUT2D eigenvalue weighted by Gasteiger charge is 2.34. The number of ether oxygens (including phenoxy) is 2. The van der Waals surface area contributed by atoms with Gasteiger partial charge in [0.2, 0.25) is 0 Å². The van der Waals surface area contributed by atoms with Crippen molar-refractivity contribution in [2.45, 2.75) is 12.7 Å². The maximum atomic E-state index is 12.7. The van der Waals surface area contributed by atoms with Crippen LogP contribution in [0, 0.1) is 0 Å². The molecule has 0 fully saturated rings. The van der Waals surface area contributed by atoms with Crippen LogP contribution >= 0.6 is 0 Å². The largest absolute Gasteiger partial charge is 0.497 e. The van der Waals surface area contributed by atoms with Crippen LogP contribution < -0.4 is 9.47 Å². The van der Waals surface area contributed by atoms with Gasteiger partial charge in [0.15, 0.2) is 0 Å². The number of nitrogens with zero attached hydrogens (tertiary/aromatic N) is 2. The van der Waals surface area contributed by atoms with Gasteiger partial charge in [-0.1, -0.05) is 6.07 Å². The standard InChI is InChI=1S/C13H19F3N2O3S/c1-17-22(4,19)18(9-13(14,15)16)8-10-5-6-11(20-2)7-12(10)21-3/h5-7H,8-9H2,1-4H3. The first-order valence-electron chi connectivity index (χ1n) is 6.26. The zero-order valence-electron chi connectivity index (χ0n) is 12.8. The molecule has 0 N–H and O–H groups in total. The van der Waals surface area contributed by atoms with Gasteiger partial charge >= 0.3 is 6.18 Å². The molecule has 0 amide bonds. The molecule has 1 aromatic rings. The summed E-state index contributed by atoms with van der Waals surface area (Å²) in [6.45, 7) is -1.53. The number of methoxy groups -OCH3 is 2. The molecule has 0 spiro atoms. The number of benzene rings is 1. The highest BCUT2D eigenvalue weighted by atomic mass is 32.2. The lowest BCUT2D eigenvalue weighted by molar-refractivity contribution is -0.136. The topological polar surface area (TPSA) is 51.1 Å². The Morgan fingerprint density at radius 2 is 1.91 bits per heavy atom. The quantitative estimate of drug-likeness (QED) is 0.800.